The van der Waals surface area contributed by atoms with Crippen LogP contribution in [0.15, 0.2) is 76.2 Å². The van der Waals surface area contributed by atoms with Crippen molar-refractivity contribution in [2.75, 3.05) is 10.6 Å². The molecule has 0 radical (unpaired) electrons. The van der Waals surface area contributed by atoms with Gasteiger partial charge in [0.25, 0.3) is 5.91 Å². The van der Waals surface area contributed by atoms with E-state index >= 15 is 0 Å². The summed E-state index contributed by atoms with van der Waals surface area (Å²) in [7, 11) is -3.07. The second-order valence-electron chi connectivity index (χ2n) is 11.9. The third kappa shape index (κ3) is 8.16. The zero-order valence-corrected chi connectivity index (χ0v) is 25.4. The lowest BCUT2D eigenvalue weighted by atomic mass is 10.1. The van der Waals surface area contributed by atoms with Crippen molar-refractivity contribution in [1.29, 1.82) is 0 Å². The van der Waals surface area contributed by atoms with E-state index < -0.39 is 39.0 Å². The third-order valence-electron chi connectivity index (χ3n) is 5.93. The average Bonchev–Trinajstić information content (AvgIpc) is 3.74. The second-order valence-corrected chi connectivity index (χ2v) is 14.4. The summed E-state index contributed by atoms with van der Waals surface area (Å²) in [6.45, 7) is 10.4. The van der Waals surface area contributed by atoms with Crippen molar-refractivity contribution in [3.05, 3.63) is 72.6 Å². The number of hydrogen-bond donors (Lipinski definition) is 2. The van der Waals surface area contributed by atoms with Crippen LogP contribution >= 0.6 is 0 Å². The number of benzene rings is 2. The maximum atomic E-state index is 13.8. The van der Waals surface area contributed by atoms with Crippen molar-refractivity contribution in [3.63, 3.8) is 0 Å². The Kier molecular flexibility index (Phi) is 8.72. The van der Waals surface area contributed by atoms with Gasteiger partial charge in [-0.05, 0) is 102 Å². The van der Waals surface area contributed by atoms with E-state index in [0.29, 0.717) is 29.1 Å². The van der Waals surface area contributed by atoms with E-state index in [0.717, 1.165) is 11.1 Å². The van der Waals surface area contributed by atoms with E-state index in [-0.39, 0.29) is 10.8 Å². The van der Waals surface area contributed by atoms with Gasteiger partial charge in [-0.3, -0.25) is 15.1 Å². The van der Waals surface area contributed by atoms with E-state index in [1.54, 1.807) is 90.3 Å². The Balaban J connectivity index is 1.61. The number of carbonyl (C=O) groups excluding carboxylic acids is 3. The van der Waals surface area contributed by atoms with Crippen LogP contribution < -0.4 is 10.6 Å². The molecule has 1 aliphatic rings. The molecule has 4 rings (SSSR count). The molecule has 11 heteroatoms. The van der Waals surface area contributed by atoms with Crippen molar-refractivity contribution in [2.45, 2.75) is 75.7 Å². The van der Waals surface area contributed by atoms with Gasteiger partial charge in [-0.15, -0.1) is 4.36 Å². The van der Waals surface area contributed by atoms with E-state index in [2.05, 4.69) is 20.0 Å². The predicted molar refractivity (Wildman–Crippen MR) is 162 cm³/mol. The fourth-order valence-corrected chi connectivity index (χ4v) is 6.18. The molecular formula is C31H36N4O6S. The van der Waals surface area contributed by atoms with Gasteiger partial charge < -0.3 is 14.8 Å². The van der Waals surface area contributed by atoms with Gasteiger partial charge in [-0.2, -0.15) is 0 Å². The molecule has 0 aliphatic heterocycles. The highest BCUT2D eigenvalue weighted by atomic mass is 32.2. The summed E-state index contributed by atoms with van der Waals surface area (Å²) in [6.07, 6.45) is 3.19. The average molecular weight is 593 g/mol. The minimum Gasteiger partial charge on any atom is -0.444 e. The van der Waals surface area contributed by atoms with Gasteiger partial charge >= 0.3 is 12.2 Å². The highest BCUT2D eigenvalue weighted by Gasteiger charge is 2.36. The van der Waals surface area contributed by atoms with E-state index in [1.807, 2.05) is 6.07 Å². The number of hydrogen-bond acceptors (Lipinski definition) is 7. The quantitative estimate of drug-likeness (QED) is 0.307. The number of aromatic nitrogens is 1. The first kappa shape index (κ1) is 30.7. The molecule has 0 saturated heterocycles. The number of anilines is 2. The number of rotatable bonds is 6. The highest BCUT2D eigenvalue weighted by Crippen LogP contribution is 2.36. The zero-order valence-electron chi connectivity index (χ0n) is 24.6. The molecule has 10 nitrogen and oxygen atoms in total. The maximum absolute atomic E-state index is 13.8. The Morgan fingerprint density at radius 2 is 1.52 bits per heavy atom. The summed E-state index contributed by atoms with van der Waals surface area (Å²) in [5.74, 6) is -0.459. The van der Waals surface area contributed by atoms with Crippen LogP contribution in [0, 0.1) is 0 Å². The van der Waals surface area contributed by atoms with Gasteiger partial charge in [0.05, 0.1) is 21.1 Å². The molecule has 1 fully saturated rings. The molecule has 1 unspecified atom stereocenters. The van der Waals surface area contributed by atoms with E-state index in [9.17, 15) is 18.6 Å². The van der Waals surface area contributed by atoms with Gasteiger partial charge in [0.1, 0.15) is 11.2 Å². The molecule has 1 saturated carbocycles. The first-order valence-electron chi connectivity index (χ1n) is 13.6. The first-order valence-corrected chi connectivity index (χ1v) is 15.2. The van der Waals surface area contributed by atoms with E-state index in [1.165, 1.54) is 12.1 Å². The topological polar surface area (TPSA) is 136 Å². The normalized spacial score (nSPS) is 14.7. The molecule has 3 amide bonds. The Hall–Kier alpha value is -4.25. The molecule has 1 atom stereocenters. The minimum atomic E-state index is -3.07. The van der Waals surface area contributed by atoms with Crippen molar-refractivity contribution >= 4 is 39.2 Å². The number of carbonyl (C=O) groups is 3. The van der Waals surface area contributed by atoms with Crippen LogP contribution in [-0.2, 0) is 19.2 Å². The lowest BCUT2D eigenvalue weighted by Gasteiger charge is -2.21. The number of nitrogens with zero attached hydrogens (tertiary/aromatic N) is 2. The SMILES string of the molecule is CC(C)(C)OC(=O)N=S(=O)(c1ccc(C(=O)Nc2cc(-c3cccnc3)ccc2NC(=O)OC(C)(C)C)cc1)C1CC1. The largest absolute Gasteiger partial charge is 0.444 e. The molecule has 1 heterocycles. The maximum Gasteiger partial charge on any atom is 0.442 e. The second kappa shape index (κ2) is 11.9. The molecular weight excluding hydrogens is 556 g/mol. The molecule has 1 aromatic heterocycles. The van der Waals surface area contributed by atoms with Crippen LogP contribution in [0.25, 0.3) is 11.1 Å². The van der Waals surface area contributed by atoms with E-state index in [4.69, 9.17) is 9.47 Å². The van der Waals surface area contributed by atoms with Crippen LogP contribution in [-0.4, -0.2) is 43.7 Å². The molecule has 2 N–H and O–H groups in total. The predicted octanol–water partition coefficient (Wildman–Crippen LogP) is 7.27. The molecule has 2 aromatic carbocycles. The van der Waals surface area contributed by atoms with Crippen molar-refractivity contribution in [1.82, 2.24) is 4.98 Å². The van der Waals surface area contributed by atoms with Crippen molar-refractivity contribution < 1.29 is 28.1 Å². The van der Waals surface area contributed by atoms with Crippen LogP contribution in [0.1, 0.15) is 64.7 Å². The molecule has 42 heavy (non-hydrogen) atoms. The van der Waals surface area contributed by atoms with Gasteiger partial charge in [0.2, 0.25) is 0 Å². The minimum absolute atomic E-state index is 0.249. The number of nitrogens with one attached hydrogen (secondary N) is 2. The smallest absolute Gasteiger partial charge is 0.442 e. The summed E-state index contributed by atoms with van der Waals surface area (Å²) in [6, 6.07) is 15.1. The number of ether oxygens (including phenoxy) is 2. The van der Waals surface area contributed by atoms with Gasteiger partial charge in [0, 0.05) is 33.7 Å². The molecule has 1 aliphatic carbocycles. The van der Waals surface area contributed by atoms with Gasteiger partial charge in [-0.25, -0.2) is 13.8 Å². The lowest BCUT2D eigenvalue weighted by Crippen LogP contribution is -2.27. The molecule has 0 bridgehead atoms. The Labute approximate surface area is 246 Å². The monoisotopic (exact) mass is 592 g/mol. The van der Waals surface area contributed by atoms with Crippen LogP contribution in [0.2, 0.25) is 0 Å². The summed E-state index contributed by atoms with van der Waals surface area (Å²) in [4.78, 5) is 42.8. The highest BCUT2D eigenvalue weighted by molar-refractivity contribution is 7.94. The summed E-state index contributed by atoms with van der Waals surface area (Å²) < 4.78 is 28.5. The summed E-state index contributed by atoms with van der Waals surface area (Å²) in [5.41, 5.74) is 1.09. The Bertz CT molecular complexity index is 1600. The lowest BCUT2D eigenvalue weighted by molar-refractivity contribution is 0.0603. The van der Waals surface area contributed by atoms with Gasteiger partial charge in [-0.1, -0.05) is 12.1 Å². The summed E-state index contributed by atoms with van der Waals surface area (Å²) >= 11 is 0. The van der Waals surface area contributed by atoms with Crippen molar-refractivity contribution in [2.24, 2.45) is 4.36 Å². The fraction of sp³-hybridized carbons (Fsp3) is 0.355. The Morgan fingerprint density at radius 1 is 0.857 bits per heavy atom. The number of amides is 3. The molecule has 222 valence electrons. The van der Waals surface area contributed by atoms with Crippen LogP contribution in [0.4, 0.5) is 21.0 Å². The summed E-state index contributed by atoms with van der Waals surface area (Å²) in [5, 5.41) is 5.31. The standard InChI is InChI=1S/C31H36N4O6S/c1-30(2,3)40-28(37)34-25-16-11-21(22-8-7-17-32-19-22)18-26(25)33-27(36)20-9-12-23(13-10-20)42(39,24-14-15-24)35-29(38)41-31(4,5)6/h7-13,16-19,24H,14-15H2,1-6H3,(H,33,36)(H,34,37). The van der Waals surface area contributed by atoms with Gasteiger partial charge in [0.15, 0.2) is 0 Å². The van der Waals surface area contributed by atoms with Crippen molar-refractivity contribution in [3.8, 4) is 11.1 Å². The third-order valence-corrected chi connectivity index (χ3v) is 8.68. The van der Waals surface area contributed by atoms with Crippen LogP contribution in [0.5, 0.6) is 0 Å². The number of pyridine rings is 1. The molecule has 3 aromatic rings. The van der Waals surface area contributed by atoms with Crippen LogP contribution in [0.3, 0.4) is 0 Å². The fourth-order valence-electron chi connectivity index (χ4n) is 3.98. The zero-order chi connectivity index (χ0) is 30.7. The molecule has 0 spiro atoms. The first-order chi connectivity index (χ1) is 19.6. The Morgan fingerprint density at radius 3 is 2.10 bits per heavy atom.